The van der Waals surface area contributed by atoms with E-state index in [1.807, 2.05) is 0 Å². The molecule has 4 nitrogen and oxygen atoms in total. The van der Waals surface area contributed by atoms with E-state index >= 15 is 0 Å². The second kappa shape index (κ2) is 9.45. The first-order valence-electron chi connectivity index (χ1n) is 7.69. The molecule has 0 saturated carbocycles. The molecule has 0 fully saturated rings. The number of alkyl halides is 3. The molecule has 142 valence electrons. The standard InChI is InChI=1S/C18H19F3N2O2.ClH/c1-12(10-22)17(24)23-15-5-7-16(8-6-15)25-11-13-3-2-4-14(9-13)18(19,20)21;/h2-9,12H,10-11,22H2,1H3,(H,23,24);1H. The lowest BCUT2D eigenvalue weighted by Crippen LogP contribution is -2.26. The molecule has 0 aliphatic heterocycles. The summed E-state index contributed by atoms with van der Waals surface area (Å²) < 4.78 is 43.5. The number of rotatable bonds is 6. The normalized spacial score (nSPS) is 12.0. The van der Waals surface area contributed by atoms with E-state index in [9.17, 15) is 18.0 Å². The number of carbonyl (C=O) groups is 1. The first-order valence-corrected chi connectivity index (χ1v) is 7.69. The Morgan fingerprint density at radius 1 is 1.19 bits per heavy atom. The van der Waals surface area contributed by atoms with Gasteiger partial charge in [0.2, 0.25) is 5.91 Å². The number of carbonyl (C=O) groups excluding carboxylic acids is 1. The van der Waals surface area contributed by atoms with Crippen molar-refractivity contribution in [2.24, 2.45) is 11.7 Å². The molecule has 0 aromatic heterocycles. The molecule has 2 aromatic rings. The predicted molar refractivity (Wildman–Crippen MR) is 96.3 cm³/mol. The molecule has 0 spiro atoms. The van der Waals surface area contributed by atoms with Crippen LogP contribution in [-0.4, -0.2) is 12.5 Å². The Balaban J connectivity index is 0.00000338. The molecule has 3 N–H and O–H groups in total. The van der Waals surface area contributed by atoms with E-state index in [-0.39, 0.29) is 37.4 Å². The SMILES string of the molecule is CC(CN)C(=O)Nc1ccc(OCc2cccc(C(F)(F)F)c2)cc1.Cl. The molecule has 1 amide bonds. The van der Waals surface area contributed by atoms with Gasteiger partial charge in [0.1, 0.15) is 12.4 Å². The maximum absolute atomic E-state index is 12.7. The van der Waals surface area contributed by atoms with Crippen LogP contribution in [0, 0.1) is 5.92 Å². The van der Waals surface area contributed by atoms with Gasteiger partial charge in [-0.2, -0.15) is 13.2 Å². The van der Waals surface area contributed by atoms with Gasteiger partial charge in [0.05, 0.1) is 5.56 Å². The number of ether oxygens (including phenoxy) is 1. The zero-order chi connectivity index (χ0) is 18.4. The summed E-state index contributed by atoms with van der Waals surface area (Å²) >= 11 is 0. The fraction of sp³-hybridized carbons (Fsp3) is 0.278. The molecule has 0 aliphatic rings. The number of amides is 1. The maximum Gasteiger partial charge on any atom is 0.416 e. The highest BCUT2D eigenvalue weighted by Crippen LogP contribution is 2.29. The van der Waals surface area contributed by atoms with Crippen LogP contribution in [0.5, 0.6) is 5.75 Å². The van der Waals surface area contributed by atoms with Crippen LogP contribution >= 0.6 is 12.4 Å². The van der Waals surface area contributed by atoms with Crippen molar-refractivity contribution in [3.8, 4) is 5.75 Å². The molecule has 26 heavy (non-hydrogen) atoms. The highest BCUT2D eigenvalue weighted by molar-refractivity contribution is 5.92. The van der Waals surface area contributed by atoms with Crippen molar-refractivity contribution < 1.29 is 22.7 Å². The number of nitrogens with two attached hydrogens (primary N) is 1. The zero-order valence-electron chi connectivity index (χ0n) is 14.0. The zero-order valence-corrected chi connectivity index (χ0v) is 14.9. The van der Waals surface area contributed by atoms with Crippen molar-refractivity contribution in [2.45, 2.75) is 19.7 Å². The average molecular weight is 389 g/mol. The fourth-order valence-electron chi connectivity index (χ4n) is 2.01. The largest absolute Gasteiger partial charge is 0.489 e. The third kappa shape index (κ3) is 6.24. The van der Waals surface area contributed by atoms with Gasteiger partial charge in [0.25, 0.3) is 0 Å². The predicted octanol–water partition coefficient (Wildman–Crippen LogP) is 4.24. The monoisotopic (exact) mass is 388 g/mol. The number of hydrogen-bond acceptors (Lipinski definition) is 3. The first kappa shape index (κ1) is 21.8. The lowest BCUT2D eigenvalue weighted by Gasteiger charge is -2.12. The lowest BCUT2D eigenvalue weighted by atomic mass is 10.1. The van der Waals surface area contributed by atoms with Crippen molar-refractivity contribution in [2.75, 3.05) is 11.9 Å². The van der Waals surface area contributed by atoms with Gasteiger partial charge in [0.15, 0.2) is 0 Å². The Kier molecular flexibility index (Phi) is 7.92. The number of benzene rings is 2. The Labute approximate surface area is 155 Å². The van der Waals surface area contributed by atoms with Gasteiger partial charge in [-0.3, -0.25) is 4.79 Å². The van der Waals surface area contributed by atoms with E-state index in [1.54, 1.807) is 37.3 Å². The minimum absolute atomic E-state index is 0. The molecule has 0 heterocycles. The maximum atomic E-state index is 12.7. The summed E-state index contributed by atoms with van der Waals surface area (Å²) in [5.41, 5.74) is 5.74. The van der Waals surface area contributed by atoms with E-state index in [1.165, 1.54) is 6.07 Å². The molecular weight excluding hydrogens is 369 g/mol. The highest BCUT2D eigenvalue weighted by atomic mass is 35.5. The first-order chi connectivity index (χ1) is 11.8. The van der Waals surface area contributed by atoms with Crippen molar-refractivity contribution in [1.82, 2.24) is 0 Å². The minimum Gasteiger partial charge on any atom is -0.489 e. The summed E-state index contributed by atoms with van der Waals surface area (Å²) in [6.45, 7) is 1.99. The molecule has 1 atom stereocenters. The number of hydrogen-bond donors (Lipinski definition) is 2. The smallest absolute Gasteiger partial charge is 0.416 e. The second-order valence-corrected chi connectivity index (χ2v) is 5.64. The molecular formula is C18H20ClF3N2O2. The van der Waals surface area contributed by atoms with Crippen molar-refractivity contribution >= 4 is 24.0 Å². The summed E-state index contributed by atoms with van der Waals surface area (Å²) in [5, 5.41) is 2.72. The molecule has 2 aromatic carbocycles. The van der Waals surface area contributed by atoms with E-state index in [0.29, 0.717) is 17.0 Å². The summed E-state index contributed by atoms with van der Waals surface area (Å²) in [4.78, 5) is 11.7. The van der Waals surface area contributed by atoms with Gasteiger partial charge in [-0.05, 0) is 42.0 Å². The quantitative estimate of drug-likeness (QED) is 0.778. The molecule has 8 heteroatoms. The van der Waals surface area contributed by atoms with E-state index in [4.69, 9.17) is 10.5 Å². The van der Waals surface area contributed by atoms with Crippen molar-refractivity contribution in [1.29, 1.82) is 0 Å². The van der Waals surface area contributed by atoms with Gasteiger partial charge < -0.3 is 15.8 Å². The average Bonchev–Trinajstić information content (AvgIpc) is 2.60. The van der Waals surface area contributed by atoms with Crippen LogP contribution in [0.1, 0.15) is 18.1 Å². The number of halogens is 4. The van der Waals surface area contributed by atoms with Gasteiger partial charge in [0, 0.05) is 18.2 Å². The lowest BCUT2D eigenvalue weighted by molar-refractivity contribution is -0.137. The van der Waals surface area contributed by atoms with Gasteiger partial charge >= 0.3 is 6.18 Å². The Hall–Kier alpha value is -2.25. The van der Waals surface area contributed by atoms with Crippen LogP contribution in [0.3, 0.4) is 0 Å². The fourth-order valence-corrected chi connectivity index (χ4v) is 2.01. The molecule has 0 radical (unpaired) electrons. The van der Waals surface area contributed by atoms with Crippen LogP contribution in [0.25, 0.3) is 0 Å². The third-order valence-electron chi connectivity index (χ3n) is 3.58. The van der Waals surface area contributed by atoms with Crippen LogP contribution in [0.4, 0.5) is 18.9 Å². The molecule has 0 saturated heterocycles. The van der Waals surface area contributed by atoms with Gasteiger partial charge in [-0.25, -0.2) is 0 Å². The second-order valence-electron chi connectivity index (χ2n) is 5.64. The number of anilines is 1. The molecule has 2 rings (SSSR count). The Bertz CT molecular complexity index is 721. The minimum atomic E-state index is -4.38. The molecule has 0 bridgehead atoms. The summed E-state index contributed by atoms with van der Waals surface area (Å²) in [7, 11) is 0. The molecule has 1 unspecified atom stereocenters. The molecule has 0 aliphatic carbocycles. The van der Waals surface area contributed by atoms with E-state index in [0.717, 1.165) is 12.1 Å². The van der Waals surface area contributed by atoms with Gasteiger partial charge in [-0.1, -0.05) is 19.1 Å². The third-order valence-corrected chi connectivity index (χ3v) is 3.58. The highest BCUT2D eigenvalue weighted by Gasteiger charge is 2.30. The van der Waals surface area contributed by atoms with E-state index in [2.05, 4.69) is 5.32 Å². The summed E-state index contributed by atoms with van der Waals surface area (Å²) in [6, 6.07) is 11.6. The van der Waals surface area contributed by atoms with Crippen LogP contribution in [-0.2, 0) is 17.6 Å². The Morgan fingerprint density at radius 3 is 2.42 bits per heavy atom. The van der Waals surface area contributed by atoms with Crippen LogP contribution in [0.2, 0.25) is 0 Å². The van der Waals surface area contributed by atoms with E-state index < -0.39 is 11.7 Å². The number of nitrogens with one attached hydrogen (secondary N) is 1. The Morgan fingerprint density at radius 2 is 1.85 bits per heavy atom. The van der Waals surface area contributed by atoms with Crippen LogP contribution in [0.15, 0.2) is 48.5 Å². The van der Waals surface area contributed by atoms with Gasteiger partial charge in [-0.15, -0.1) is 12.4 Å². The van der Waals surface area contributed by atoms with Crippen molar-refractivity contribution in [3.63, 3.8) is 0 Å². The topological polar surface area (TPSA) is 64.4 Å². The van der Waals surface area contributed by atoms with Crippen molar-refractivity contribution in [3.05, 3.63) is 59.7 Å². The summed E-state index contributed by atoms with van der Waals surface area (Å²) in [6.07, 6.45) is -4.38. The van der Waals surface area contributed by atoms with Crippen LogP contribution < -0.4 is 15.8 Å². The summed E-state index contributed by atoms with van der Waals surface area (Å²) in [5.74, 6) is 0.0132.